The van der Waals surface area contributed by atoms with Crippen LogP contribution in [0.4, 0.5) is 0 Å². The molecule has 4 aromatic heterocycles. The molecule has 233 valence electrons. The number of benzene rings is 5. The minimum absolute atomic E-state index is 0. The van der Waals surface area contributed by atoms with Crippen molar-refractivity contribution in [1.29, 1.82) is 0 Å². The van der Waals surface area contributed by atoms with Gasteiger partial charge in [0.2, 0.25) is 0 Å². The Bertz CT molecular complexity index is 2340. The van der Waals surface area contributed by atoms with Crippen LogP contribution in [0.25, 0.3) is 67.1 Å². The molecule has 1 radical (unpaired) electrons. The van der Waals surface area contributed by atoms with E-state index < -0.39 is 0 Å². The van der Waals surface area contributed by atoms with Crippen molar-refractivity contribution < 1.29 is 24.5 Å². The van der Waals surface area contributed by atoms with Gasteiger partial charge in [0.05, 0.1) is 16.9 Å². The van der Waals surface area contributed by atoms with Gasteiger partial charge in [0.25, 0.3) is 0 Å². The van der Waals surface area contributed by atoms with E-state index in [9.17, 15) is 0 Å². The number of rotatable bonds is 5. The number of para-hydroxylation sites is 2. The third kappa shape index (κ3) is 6.15. The molecule has 5 aromatic carbocycles. The van der Waals surface area contributed by atoms with Crippen LogP contribution in [0, 0.1) is 12.3 Å². The maximum absolute atomic E-state index is 5.85. The molecule has 4 heterocycles. The molecule has 48 heavy (non-hydrogen) atoms. The van der Waals surface area contributed by atoms with Gasteiger partial charge < -0.3 is 18.5 Å². The zero-order valence-electron chi connectivity index (χ0n) is 25.7. The van der Waals surface area contributed by atoms with Crippen LogP contribution in [0.1, 0.15) is 0 Å². The van der Waals surface area contributed by atoms with Crippen LogP contribution in [0.3, 0.4) is 0 Å². The Kier molecular flexibility index (Phi) is 8.92. The maximum Gasteiger partial charge on any atom is 0.0774 e. The van der Waals surface area contributed by atoms with Crippen molar-refractivity contribution >= 4 is 22.0 Å². The summed E-state index contributed by atoms with van der Waals surface area (Å²) < 4.78 is 10.1. The summed E-state index contributed by atoms with van der Waals surface area (Å²) >= 11 is 0. The molecule has 0 amide bonds. The molecule has 0 aliphatic carbocycles. The van der Waals surface area contributed by atoms with Gasteiger partial charge in [-0.1, -0.05) is 89.8 Å². The van der Waals surface area contributed by atoms with Crippen molar-refractivity contribution in [3.05, 3.63) is 183 Å². The molecule has 0 unspecified atom stereocenters. The van der Waals surface area contributed by atoms with Crippen molar-refractivity contribution in [2.45, 2.75) is 0 Å². The van der Waals surface area contributed by atoms with Crippen LogP contribution in [0.15, 0.2) is 175 Å². The fourth-order valence-electron chi connectivity index (χ4n) is 5.76. The average molecular weight is 797 g/mol. The Hall–Kier alpha value is -5.81. The number of hydrogen-bond acceptors (Lipinski definition) is 3. The van der Waals surface area contributed by atoms with Crippen molar-refractivity contribution in [3.8, 4) is 45.1 Å². The second-order valence-corrected chi connectivity index (χ2v) is 11.0. The van der Waals surface area contributed by atoms with Gasteiger partial charge in [-0.05, 0) is 65.4 Å². The van der Waals surface area contributed by atoms with E-state index >= 15 is 0 Å². The van der Waals surface area contributed by atoms with E-state index in [-0.39, 0.29) is 20.1 Å². The van der Waals surface area contributed by atoms with Crippen LogP contribution in [-0.2, 0) is 20.1 Å². The van der Waals surface area contributed by atoms with E-state index in [4.69, 9.17) is 9.40 Å². The van der Waals surface area contributed by atoms with Gasteiger partial charge in [-0.15, -0.1) is 35.9 Å². The Labute approximate surface area is 292 Å². The largest absolute Gasteiger partial charge is 0.557 e. The monoisotopic (exact) mass is 797 g/mol. The van der Waals surface area contributed by atoms with Crippen LogP contribution in [0.2, 0.25) is 0 Å². The Balaban J connectivity index is 0.000000237. The third-order valence-corrected chi connectivity index (χ3v) is 8.07. The van der Waals surface area contributed by atoms with E-state index in [2.05, 4.69) is 93.2 Å². The molecule has 0 fully saturated rings. The van der Waals surface area contributed by atoms with E-state index in [1.807, 2.05) is 97.3 Å². The fraction of sp³-hybridized carbons (Fsp3) is 0. The molecule has 6 heteroatoms. The van der Waals surface area contributed by atoms with Crippen molar-refractivity contribution in [1.82, 2.24) is 19.1 Å². The maximum atomic E-state index is 5.85. The van der Waals surface area contributed by atoms with Gasteiger partial charge in [-0.3, -0.25) is 4.98 Å². The summed E-state index contributed by atoms with van der Waals surface area (Å²) in [5, 5.41) is 0.980. The Morgan fingerprint density at radius 3 is 2.12 bits per heavy atom. The van der Waals surface area contributed by atoms with Crippen LogP contribution in [-0.4, -0.2) is 19.1 Å². The SMILES string of the molecule is [Ir].[c-]1ccccc1-c1ccccn1.[c-]1oc2ccc(-n3cccc3)cc2c1-c1nc2ccccc2n1-c1ccc(-c2ccccc2)cc1. The predicted octanol–water partition coefficient (Wildman–Crippen LogP) is 10.2. The normalized spacial score (nSPS) is 10.8. The first-order chi connectivity index (χ1) is 23.3. The van der Waals surface area contributed by atoms with Crippen molar-refractivity contribution in [2.75, 3.05) is 0 Å². The van der Waals surface area contributed by atoms with Crippen LogP contribution >= 0.6 is 0 Å². The average Bonchev–Trinajstić information content (AvgIpc) is 3.92. The first-order valence-electron chi connectivity index (χ1n) is 15.4. The standard InChI is InChI=1S/C31H20N3O.C11H8N.Ir/c1-2-8-22(9-3-1)23-12-14-24(15-13-23)34-29-11-5-4-10-28(29)32-31(34)27-21-35-30-17-16-25(20-26(27)30)33-18-6-7-19-33;1-2-6-10(7-3-1)11-8-4-5-9-12-11;/h1-20H;1-6,8-9H;/q2*-1;. The zero-order valence-corrected chi connectivity index (χ0v) is 28.1. The van der Waals surface area contributed by atoms with Gasteiger partial charge in [-0.25, -0.2) is 0 Å². The number of aromatic nitrogens is 4. The van der Waals surface area contributed by atoms with E-state index in [1.165, 1.54) is 11.1 Å². The number of pyridine rings is 1. The van der Waals surface area contributed by atoms with Gasteiger partial charge in [0.1, 0.15) is 0 Å². The molecule has 0 atom stereocenters. The minimum atomic E-state index is 0. The summed E-state index contributed by atoms with van der Waals surface area (Å²) in [6.07, 6.45) is 9.00. The van der Waals surface area contributed by atoms with Crippen molar-refractivity contribution in [3.63, 3.8) is 0 Å². The van der Waals surface area contributed by atoms with Crippen LogP contribution in [0.5, 0.6) is 0 Å². The Morgan fingerprint density at radius 2 is 1.35 bits per heavy atom. The molecule has 5 nitrogen and oxygen atoms in total. The summed E-state index contributed by atoms with van der Waals surface area (Å²) in [6, 6.07) is 54.3. The van der Waals surface area contributed by atoms with E-state index in [1.54, 1.807) is 6.20 Å². The van der Waals surface area contributed by atoms with Gasteiger partial charge in [0, 0.05) is 61.9 Å². The van der Waals surface area contributed by atoms with Gasteiger partial charge in [-0.2, -0.15) is 0 Å². The second kappa shape index (κ2) is 13.9. The summed E-state index contributed by atoms with van der Waals surface area (Å²) in [4.78, 5) is 9.24. The quantitative estimate of drug-likeness (QED) is 0.163. The summed E-state index contributed by atoms with van der Waals surface area (Å²) in [7, 11) is 0. The Morgan fingerprint density at radius 1 is 0.625 bits per heavy atom. The number of imidazole rings is 1. The molecule has 0 aliphatic rings. The molecular formula is C42H28IrN4O-2. The van der Waals surface area contributed by atoms with Crippen molar-refractivity contribution in [2.24, 2.45) is 0 Å². The number of nitrogens with zero attached hydrogens (tertiary/aromatic N) is 4. The van der Waals surface area contributed by atoms with Crippen LogP contribution < -0.4 is 0 Å². The van der Waals surface area contributed by atoms with E-state index in [0.29, 0.717) is 0 Å². The molecule has 0 bridgehead atoms. The first-order valence-corrected chi connectivity index (χ1v) is 15.4. The topological polar surface area (TPSA) is 48.8 Å². The summed E-state index contributed by atoms with van der Waals surface area (Å²) in [5.74, 6) is 0.807. The van der Waals surface area contributed by atoms with E-state index in [0.717, 1.165) is 56.0 Å². The number of hydrogen-bond donors (Lipinski definition) is 0. The molecule has 0 saturated heterocycles. The number of fused-ring (bicyclic) bond motifs is 2. The zero-order chi connectivity index (χ0) is 31.4. The first kappa shape index (κ1) is 30.8. The molecule has 0 saturated carbocycles. The molecule has 0 N–H and O–H groups in total. The fourth-order valence-corrected chi connectivity index (χ4v) is 5.76. The molecular weight excluding hydrogens is 769 g/mol. The summed E-state index contributed by atoms with van der Waals surface area (Å²) in [6.45, 7) is 0. The van der Waals surface area contributed by atoms with Gasteiger partial charge >= 0.3 is 0 Å². The third-order valence-electron chi connectivity index (χ3n) is 8.07. The summed E-state index contributed by atoms with van der Waals surface area (Å²) in [5.41, 5.74) is 10.1. The number of furan rings is 1. The molecule has 0 spiro atoms. The minimum Gasteiger partial charge on any atom is -0.557 e. The second-order valence-electron chi connectivity index (χ2n) is 11.0. The van der Waals surface area contributed by atoms with Gasteiger partial charge in [0.15, 0.2) is 0 Å². The molecule has 0 aliphatic heterocycles. The molecule has 9 rings (SSSR count). The smallest absolute Gasteiger partial charge is 0.0774 e. The molecule has 9 aromatic rings. The predicted molar refractivity (Wildman–Crippen MR) is 188 cm³/mol.